The molecule has 6 nitrogen and oxygen atoms in total. The zero-order chi connectivity index (χ0) is 49.3. The quantitative estimate of drug-likeness (QED) is 0.0262. The molecule has 0 radical (unpaired) electrons. The lowest BCUT2D eigenvalue weighted by Crippen LogP contribution is -2.30. The Morgan fingerprint density at radius 3 is 0.809 bits per heavy atom. The molecule has 1 atom stereocenters. The lowest BCUT2D eigenvalue weighted by Gasteiger charge is -2.18. The van der Waals surface area contributed by atoms with E-state index in [4.69, 9.17) is 14.2 Å². The van der Waals surface area contributed by atoms with Crippen molar-refractivity contribution in [2.45, 2.75) is 341 Å². The summed E-state index contributed by atoms with van der Waals surface area (Å²) < 4.78 is 16.7. The Morgan fingerprint density at radius 1 is 0.294 bits per heavy atom. The van der Waals surface area contributed by atoms with Crippen LogP contribution in [0.1, 0.15) is 335 Å². The Hall–Kier alpha value is -2.11. The third-order valence-electron chi connectivity index (χ3n) is 13.7. The zero-order valence-electron chi connectivity index (χ0n) is 45.9. The van der Waals surface area contributed by atoms with Gasteiger partial charge in [-0.1, -0.05) is 289 Å². The minimum Gasteiger partial charge on any atom is -0.462 e. The largest absolute Gasteiger partial charge is 0.462 e. The maximum atomic E-state index is 12.7. The molecule has 68 heavy (non-hydrogen) atoms. The molecule has 0 amide bonds. The lowest BCUT2D eigenvalue weighted by molar-refractivity contribution is -0.167. The molecule has 6 heteroatoms. The van der Waals surface area contributed by atoms with Crippen molar-refractivity contribution in [3.05, 3.63) is 24.3 Å². The van der Waals surface area contributed by atoms with Gasteiger partial charge in [-0.3, -0.25) is 14.4 Å². The standard InChI is InChI=1S/C62H116O6/c1-4-7-10-13-16-18-19-20-21-22-23-24-25-26-27-28-29-30-31-32-33-34-35-36-37-38-39-40-41-42-43-44-47-49-52-55-61(64)67-58-59(57-66-60(63)54-51-48-45-15-12-9-6-3)68-62(65)56-53-50-46-17-14-11-8-5-2/h19-20,22-23,59H,4-18,21,24-58H2,1-3H3/b20-19-,23-22-. The number of hydrogen-bond donors (Lipinski definition) is 0. The highest BCUT2D eigenvalue weighted by atomic mass is 16.6. The van der Waals surface area contributed by atoms with Crippen molar-refractivity contribution in [2.24, 2.45) is 0 Å². The van der Waals surface area contributed by atoms with Crippen LogP contribution in [0.3, 0.4) is 0 Å². The number of hydrogen-bond acceptors (Lipinski definition) is 6. The number of carbonyl (C=O) groups excluding carboxylic acids is 3. The van der Waals surface area contributed by atoms with Crippen molar-refractivity contribution in [1.82, 2.24) is 0 Å². The number of unbranched alkanes of at least 4 members (excludes halogenated alkanes) is 41. The molecule has 0 spiro atoms. The predicted octanol–water partition coefficient (Wildman–Crippen LogP) is 20.3. The molecule has 400 valence electrons. The molecule has 0 saturated carbocycles. The van der Waals surface area contributed by atoms with Gasteiger partial charge >= 0.3 is 17.9 Å². The van der Waals surface area contributed by atoms with Gasteiger partial charge in [0.1, 0.15) is 13.2 Å². The van der Waals surface area contributed by atoms with Gasteiger partial charge in [-0.25, -0.2) is 0 Å². The van der Waals surface area contributed by atoms with Crippen molar-refractivity contribution in [1.29, 1.82) is 0 Å². The minimum absolute atomic E-state index is 0.0652. The molecule has 0 heterocycles. The first kappa shape index (κ1) is 65.9. The summed E-state index contributed by atoms with van der Waals surface area (Å²) in [4.78, 5) is 37.7. The van der Waals surface area contributed by atoms with E-state index in [1.165, 1.54) is 231 Å². The van der Waals surface area contributed by atoms with Crippen molar-refractivity contribution in [3.8, 4) is 0 Å². The number of allylic oxidation sites excluding steroid dienone is 4. The molecule has 0 aromatic heterocycles. The van der Waals surface area contributed by atoms with Crippen LogP contribution >= 0.6 is 0 Å². The summed E-state index contributed by atoms with van der Waals surface area (Å²) in [5.41, 5.74) is 0. The maximum Gasteiger partial charge on any atom is 0.306 e. The maximum absolute atomic E-state index is 12.7. The average Bonchev–Trinajstić information content (AvgIpc) is 3.34. The van der Waals surface area contributed by atoms with Crippen LogP contribution in [0.2, 0.25) is 0 Å². The van der Waals surface area contributed by atoms with Crippen molar-refractivity contribution < 1.29 is 28.6 Å². The summed E-state index contributed by atoms with van der Waals surface area (Å²) in [5.74, 6) is -0.860. The van der Waals surface area contributed by atoms with Crippen molar-refractivity contribution in [2.75, 3.05) is 13.2 Å². The monoisotopic (exact) mass is 957 g/mol. The molecule has 1 unspecified atom stereocenters. The number of ether oxygens (including phenoxy) is 3. The molecule has 0 aliphatic carbocycles. The molecule has 0 N–H and O–H groups in total. The normalized spacial score (nSPS) is 12.1. The average molecular weight is 958 g/mol. The molecule has 0 aliphatic rings. The van der Waals surface area contributed by atoms with Crippen LogP contribution in [0.15, 0.2) is 24.3 Å². The third-order valence-corrected chi connectivity index (χ3v) is 13.7. The summed E-state index contributed by atoms with van der Waals surface area (Å²) in [6.07, 6.45) is 68.2. The Kier molecular flexibility index (Phi) is 55.7. The van der Waals surface area contributed by atoms with Gasteiger partial charge in [0, 0.05) is 19.3 Å². The van der Waals surface area contributed by atoms with Gasteiger partial charge in [-0.05, 0) is 51.4 Å². The van der Waals surface area contributed by atoms with Gasteiger partial charge in [-0.15, -0.1) is 0 Å². The molecule has 0 aromatic rings. The molecular weight excluding hydrogens is 841 g/mol. The van der Waals surface area contributed by atoms with E-state index in [0.717, 1.165) is 64.2 Å². The SMILES string of the molecule is CCCCCCC/C=C\C/C=C\CCCCCCCCCCCCCCCCCCCCCCCCCC(=O)OCC(COC(=O)CCCCCCCCC)OC(=O)CCCCCCCCCC. The highest BCUT2D eigenvalue weighted by molar-refractivity contribution is 5.71. The number of carbonyl (C=O) groups is 3. The number of rotatable bonds is 56. The van der Waals surface area contributed by atoms with Crippen LogP contribution in [0.5, 0.6) is 0 Å². The van der Waals surface area contributed by atoms with Gasteiger partial charge in [0.05, 0.1) is 0 Å². The summed E-state index contributed by atoms with van der Waals surface area (Å²) in [5, 5.41) is 0. The van der Waals surface area contributed by atoms with E-state index in [1.807, 2.05) is 0 Å². The van der Waals surface area contributed by atoms with E-state index >= 15 is 0 Å². The van der Waals surface area contributed by atoms with Gasteiger partial charge in [0.2, 0.25) is 0 Å². The molecule has 0 saturated heterocycles. The van der Waals surface area contributed by atoms with E-state index in [2.05, 4.69) is 45.1 Å². The fraction of sp³-hybridized carbons (Fsp3) is 0.887. The van der Waals surface area contributed by atoms with Gasteiger partial charge in [-0.2, -0.15) is 0 Å². The summed E-state index contributed by atoms with van der Waals surface area (Å²) in [6.45, 7) is 6.59. The second kappa shape index (κ2) is 57.5. The summed E-state index contributed by atoms with van der Waals surface area (Å²) >= 11 is 0. The first-order valence-electron chi connectivity index (χ1n) is 30.3. The summed E-state index contributed by atoms with van der Waals surface area (Å²) in [7, 11) is 0. The second-order valence-electron chi connectivity index (χ2n) is 20.6. The third kappa shape index (κ3) is 54.8. The van der Waals surface area contributed by atoms with Gasteiger partial charge < -0.3 is 14.2 Å². The fourth-order valence-corrected chi connectivity index (χ4v) is 9.12. The van der Waals surface area contributed by atoms with Crippen LogP contribution in [0, 0.1) is 0 Å². The Balaban J connectivity index is 3.78. The van der Waals surface area contributed by atoms with E-state index in [1.54, 1.807) is 0 Å². The molecule has 0 bridgehead atoms. The van der Waals surface area contributed by atoms with E-state index in [-0.39, 0.29) is 31.1 Å². The van der Waals surface area contributed by atoms with Crippen LogP contribution in [0.25, 0.3) is 0 Å². The summed E-state index contributed by atoms with van der Waals surface area (Å²) in [6, 6.07) is 0. The smallest absolute Gasteiger partial charge is 0.306 e. The van der Waals surface area contributed by atoms with E-state index < -0.39 is 6.10 Å². The van der Waals surface area contributed by atoms with Crippen LogP contribution in [-0.2, 0) is 28.6 Å². The van der Waals surface area contributed by atoms with E-state index in [9.17, 15) is 14.4 Å². The molecule has 0 rings (SSSR count). The first-order valence-corrected chi connectivity index (χ1v) is 30.3. The molecule has 0 fully saturated rings. The van der Waals surface area contributed by atoms with Gasteiger partial charge in [0.15, 0.2) is 6.10 Å². The minimum atomic E-state index is -0.760. The predicted molar refractivity (Wildman–Crippen MR) is 293 cm³/mol. The van der Waals surface area contributed by atoms with E-state index in [0.29, 0.717) is 19.3 Å². The topological polar surface area (TPSA) is 78.9 Å². The van der Waals surface area contributed by atoms with Crippen LogP contribution < -0.4 is 0 Å². The highest BCUT2D eigenvalue weighted by Crippen LogP contribution is 2.17. The zero-order valence-corrected chi connectivity index (χ0v) is 45.9. The van der Waals surface area contributed by atoms with Crippen LogP contribution in [-0.4, -0.2) is 37.2 Å². The van der Waals surface area contributed by atoms with Gasteiger partial charge in [0.25, 0.3) is 0 Å². The van der Waals surface area contributed by atoms with Crippen molar-refractivity contribution in [3.63, 3.8) is 0 Å². The lowest BCUT2D eigenvalue weighted by atomic mass is 10.0. The molecule has 0 aromatic carbocycles. The number of esters is 3. The highest BCUT2D eigenvalue weighted by Gasteiger charge is 2.19. The molecular formula is C62H116O6. The second-order valence-corrected chi connectivity index (χ2v) is 20.6. The van der Waals surface area contributed by atoms with Crippen LogP contribution in [0.4, 0.5) is 0 Å². The van der Waals surface area contributed by atoms with Crippen molar-refractivity contribution >= 4 is 17.9 Å². The Labute approximate surface area is 423 Å². The fourth-order valence-electron chi connectivity index (χ4n) is 9.12. The first-order chi connectivity index (χ1) is 33.5. The Bertz CT molecular complexity index is 1100. The molecule has 0 aliphatic heterocycles. The Morgan fingerprint density at radius 2 is 0.529 bits per heavy atom.